The maximum atomic E-state index is 12.0. The molecule has 8 heteroatoms. The third-order valence-corrected chi connectivity index (χ3v) is 3.74. The average Bonchev–Trinajstić information content (AvgIpc) is 2.84. The first-order chi connectivity index (χ1) is 9.92. The summed E-state index contributed by atoms with van der Waals surface area (Å²) in [5.74, 6) is 0.674. The van der Waals surface area contributed by atoms with Crippen molar-refractivity contribution in [3.8, 4) is 5.75 Å². The van der Waals surface area contributed by atoms with Crippen LogP contribution >= 0.6 is 0 Å². The summed E-state index contributed by atoms with van der Waals surface area (Å²) < 4.78 is 39.8. The SMILES string of the molecule is O=C(Nc1ccc(OC(F)(F)F)cc1)NC1C2CNCC21. The summed E-state index contributed by atoms with van der Waals surface area (Å²) in [6.45, 7) is 1.83. The van der Waals surface area contributed by atoms with Crippen molar-refractivity contribution in [2.24, 2.45) is 11.8 Å². The molecule has 0 bridgehead atoms. The van der Waals surface area contributed by atoms with E-state index in [1.807, 2.05) is 0 Å². The van der Waals surface area contributed by atoms with Gasteiger partial charge in [0.25, 0.3) is 0 Å². The molecule has 3 N–H and O–H groups in total. The van der Waals surface area contributed by atoms with Gasteiger partial charge < -0.3 is 20.7 Å². The molecule has 1 aliphatic heterocycles. The molecule has 5 nitrogen and oxygen atoms in total. The minimum atomic E-state index is -4.72. The van der Waals surface area contributed by atoms with Gasteiger partial charge in [-0.25, -0.2) is 4.79 Å². The first kappa shape index (κ1) is 14.0. The normalized spacial score (nSPS) is 26.9. The Labute approximate surface area is 118 Å². The van der Waals surface area contributed by atoms with E-state index in [9.17, 15) is 18.0 Å². The lowest BCUT2D eigenvalue weighted by molar-refractivity contribution is -0.274. The van der Waals surface area contributed by atoms with E-state index in [1.165, 1.54) is 12.1 Å². The second kappa shape index (κ2) is 5.10. The fraction of sp³-hybridized carbons (Fsp3) is 0.462. The zero-order valence-corrected chi connectivity index (χ0v) is 10.9. The van der Waals surface area contributed by atoms with E-state index < -0.39 is 6.36 Å². The van der Waals surface area contributed by atoms with Gasteiger partial charge in [0.05, 0.1) is 0 Å². The maximum absolute atomic E-state index is 12.0. The highest BCUT2D eigenvalue weighted by Crippen LogP contribution is 2.41. The molecule has 21 heavy (non-hydrogen) atoms. The van der Waals surface area contributed by atoms with E-state index in [4.69, 9.17) is 0 Å². The number of fused-ring (bicyclic) bond motifs is 1. The number of halogens is 3. The third-order valence-electron chi connectivity index (χ3n) is 3.74. The Morgan fingerprint density at radius 3 is 2.38 bits per heavy atom. The van der Waals surface area contributed by atoms with Crippen molar-refractivity contribution < 1.29 is 22.7 Å². The summed E-state index contributed by atoms with van der Waals surface area (Å²) in [4.78, 5) is 11.8. The second-order valence-corrected chi connectivity index (χ2v) is 5.18. The fourth-order valence-corrected chi connectivity index (χ4v) is 2.69. The topological polar surface area (TPSA) is 62.4 Å². The van der Waals surface area contributed by atoms with Gasteiger partial charge >= 0.3 is 12.4 Å². The number of hydrogen-bond donors (Lipinski definition) is 3. The van der Waals surface area contributed by atoms with E-state index in [2.05, 4.69) is 20.7 Å². The van der Waals surface area contributed by atoms with E-state index in [0.29, 0.717) is 17.5 Å². The molecule has 2 amide bonds. The number of carbonyl (C=O) groups excluding carboxylic acids is 1. The largest absolute Gasteiger partial charge is 0.573 e. The lowest BCUT2D eigenvalue weighted by Gasteiger charge is -2.11. The number of ether oxygens (including phenoxy) is 1. The molecule has 2 fully saturated rings. The van der Waals surface area contributed by atoms with Crippen molar-refractivity contribution in [3.05, 3.63) is 24.3 Å². The van der Waals surface area contributed by atoms with Gasteiger partial charge in [-0.2, -0.15) is 0 Å². The highest BCUT2D eigenvalue weighted by molar-refractivity contribution is 5.89. The van der Waals surface area contributed by atoms with Crippen molar-refractivity contribution >= 4 is 11.7 Å². The Kier molecular flexibility index (Phi) is 3.40. The molecule has 2 aliphatic rings. The molecular formula is C13H14F3N3O2. The molecule has 1 saturated carbocycles. The second-order valence-electron chi connectivity index (χ2n) is 5.18. The molecule has 1 aliphatic carbocycles. The number of piperidine rings is 1. The minimum absolute atomic E-state index is 0.194. The minimum Gasteiger partial charge on any atom is -0.406 e. The van der Waals surface area contributed by atoms with Gasteiger partial charge in [0.15, 0.2) is 0 Å². The van der Waals surface area contributed by atoms with Crippen LogP contribution in [-0.2, 0) is 0 Å². The molecule has 2 atom stereocenters. The predicted octanol–water partition coefficient (Wildman–Crippen LogP) is 1.92. The van der Waals surface area contributed by atoms with Crippen LogP contribution in [0.4, 0.5) is 23.7 Å². The smallest absolute Gasteiger partial charge is 0.406 e. The Bertz CT molecular complexity index is 522. The number of benzene rings is 1. The van der Waals surface area contributed by atoms with E-state index in [1.54, 1.807) is 0 Å². The molecule has 114 valence electrons. The van der Waals surface area contributed by atoms with Crippen LogP contribution in [0, 0.1) is 11.8 Å². The zero-order chi connectivity index (χ0) is 15.0. The van der Waals surface area contributed by atoms with E-state index in [-0.39, 0.29) is 17.8 Å². The summed E-state index contributed by atoms with van der Waals surface area (Å²) >= 11 is 0. The molecule has 3 rings (SSSR count). The molecule has 1 heterocycles. The summed E-state index contributed by atoms with van der Waals surface area (Å²) in [7, 11) is 0. The first-order valence-electron chi connectivity index (χ1n) is 6.56. The number of anilines is 1. The number of rotatable bonds is 3. The molecule has 1 saturated heterocycles. The van der Waals surface area contributed by atoms with Gasteiger partial charge in [0.2, 0.25) is 0 Å². The molecule has 2 unspecified atom stereocenters. The zero-order valence-electron chi connectivity index (χ0n) is 10.9. The number of alkyl halides is 3. The fourth-order valence-electron chi connectivity index (χ4n) is 2.69. The van der Waals surface area contributed by atoms with Gasteiger partial charge in [-0.1, -0.05) is 0 Å². The predicted molar refractivity (Wildman–Crippen MR) is 68.9 cm³/mol. The Morgan fingerprint density at radius 2 is 1.81 bits per heavy atom. The van der Waals surface area contributed by atoms with Crippen LogP contribution in [0.5, 0.6) is 5.75 Å². The van der Waals surface area contributed by atoms with Crippen LogP contribution in [-0.4, -0.2) is 31.5 Å². The summed E-state index contributed by atoms with van der Waals surface area (Å²) in [6, 6.07) is 4.86. The van der Waals surface area contributed by atoms with Crippen molar-refractivity contribution in [2.45, 2.75) is 12.4 Å². The van der Waals surface area contributed by atoms with E-state index in [0.717, 1.165) is 25.2 Å². The summed E-state index contributed by atoms with van der Waals surface area (Å²) in [5.41, 5.74) is 0.408. The van der Waals surface area contributed by atoms with E-state index >= 15 is 0 Å². The molecule has 0 spiro atoms. The van der Waals surface area contributed by atoms with Gasteiger partial charge in [0.1, 0.15) is 5.75 Å². The van der Waals surface area contributed by atoms with Crippen LogP contribution in [0.25, 0.3) is 0 Å². The van der Waals surface area contributed by atoms with Crippen LogP contribution in [0.2, 0.25) is 0 Å². The van der Waals surface area contributed by atoms with Crippen molar-refractivity contribution in [1.82, 2.24) is 10.6 Å². The molecule has 1 aromatic rings. The lowest BCUT2D eigenvalue weighted by atomic mass is 10.3. The number of amides is 2. The van der Waals surface area contributed by atoms with Crippen LogP contribution < -0.4 is 20.7 Å². The van der Waals surface area contributed by atoms with Gasteiger partial charge in [-0.15, -0.1) is 13.2 Å². The third kappa shape index (κ3) is 3.38. The highest BCUT2D eigenvalue weighted by Gasteiger charge is 2.53. The monoisotopic (exact) mass is 301 g/mol. The Hall–Kier alpha value is -1.96. The van der Waals surface area contributed by atoms with Crippen LogP contribution in [0.1, 0.15) is 0 Å². The number of carbonyl (C=O) groups is 1. The molecule has 0 aromatic heterocycles. The number of nitrogens with one attached hydrogen (secondary N) is 3. The standard InChI is InChI=1S/C13H14F3N3O2/c14-13(15,16)21-8-3-1-7(2-4-8)18-12(20)19-11-9-5-17-6-10(9)11/h1-4,9-11,17H,5-6H2,(H2,18,19,20). The maximum Gasteiger partial charge on any atom is 0.573 e. The average molecular weight is 301 g/mol. The van der Waals surface area contributed by atoms with Crippen molar-refractivity contribution in [1.29, 1.82) is 0 Å². The lowest BCUT2D eigenvalue weighted by Crippen LogP contribution is -2.35. The van der Waals surface area contributed by atoms with Crippen LogP contribution in [0.3, 0.4) is 0 Å². The quantitative estimate of drug-likeness (QED) is 0.799. The molecule has 0 radical (unpaired) electrons. The van der Waals surface area contributed by atoms with Crippen molar-refractivity contribution in [2.75, 3.05) is 18.4 Å². The first-order valence-corrected chi connectivity index (χ1v) is 6.56. The number of hydrogen-bond acceptors (Lipinski definition) is 3. The van der Waals surface area contributed by atoms with Gasteiger partial charge in [-0.3, -0.25) is 0 Å². The van der Waals surface area contributed by atoms with Crippen molar-refractivity contribution in [3.63, 3.8) is 0 Å². The summed E-state index contributed by atoms with van der Waals surface area (Å²) in [6.07, 6.45) is -4.72. The highest BCUT2D eigenvalue weighted by atomic mass is 19.4. The van der Waals surface area contributed by atoms with Gasteiger partial charge in [0, 0.05) is 24.8 Å². The molecule has 1 aromatic carbocycles. The molecular weight excluding hydrogens is 287 g/mol. The number of urea groups is 1. The Morgan fingerprint density at radius 1 is 1.19 bits per heavy atom. The van der Waals surface area contributed by atoms with Gasteiger partial charge in [-0.05, 0) is 36.1 Å². The Balaban J connectivity index is 1.49. The summed E-state index contributed by atoms with van der Waals surface area (Å²) in [5, 5.41) is 8.66. The van der Waals surface area contributed by atoms with Crippen LogP contribution in [0.15, 0.2) is 24.3 Å².